The number of ether oxygens (including phenoxy) is 2. The van der Waals surface area contributed by atoms with Crippen LogP contribution in [0.3, 0.4) is 0 Å². The van der Waals surface area contributed by atoms with Crippen molar-refractivity contribution >= 4 is 17.8 Å². The van der Waals surface area contributed by atoms with Gasteiger partial charge < -0.3 is 19.6 Å². The molecule has 4 heterocycles. The molecule has 1 spiro atoms. The third-order valence-corrected chi connectivity index (χ3v) is 6.42. The van der Waals surface area contributed by atoms with Crippen LogP contribution in [0.2, 0.25) is 0 Å². The lowest BCUT2D eigenvalue weighted by atomic mass is 9.89. The first-order valence-corrected chi connectivity index (χ1v) is 11.1. The first-order valence-electron chi connectivity index (χ1n) is 11.1. The average molecular weight is 439 g/mol. The highest BCUT2D eigenvalue weighted by Crippen LogP contribution is 2.37. The SMILES string of the molecule is CCC(C=O)c1cnc(-c2cnc3ccc(F)cn23)nc1NC1CCC2(CC1)OCCO2. The van der Waals surface area contributed by atoms with E-state index in [0.29, 0.717) is 42.6 Å². The van der Waals surface area contributed by atoms with Crippen LogP contribution in [-0.2, 0) is 14.3 Å². The van der Waals surface area contributed by atoms with E-state index in [1.54, 1.807) is 22.9 Å². The number of hydrogen-bond acceptors (Lipinski definition) is 7. The monoisotopic (exact) mass is 439 g/mol. The van der Waals surface area contributed by atoms with Crippen LogP contribution in [0.25, 0.3) is 17.2 Å². The highest BCUT2D eigenvalue weighted by molar-refractivity contribution is 5.68. The van der Waals surface area contributed by atoms with Crippen LogP contribution in [0.1, 0.15) is 50.5 Å². The number of carbonyl (C=O) groups excluding carboxylic acids is 1. The van der Waals surface area contributed by atoms with Gasteiger partial charge in [0.2, 0.25) is 0 Å². The number of aldehydes is 1. The van der Waals surface area contributed by atoms with E-state index < -0.39 is 5.79 Å². The molecule has 0 amide bonds. The van der Waals surface area contributed by atoms with Crippen molar-refractivity contribution in [1.82, 2.24) is 19.4 Å². The zero-order valence-corrected chi connectivity index (χ0v) is 18.0. The summed E-state index contributed by atoms with van der Waals surface area (Å²) in [5.74, 6) is -0.0548. The molecule has 32 heavy (non-hydrogen) atoms. The molecule has 168 valence electrons. The van der Waals surface area contributed by atoms with Gasteiger partial charge in [0.15, 0.2) is 11.6 Å². The predicted octanol–water partition coefficient (Wildman–Crippen LogP) is 3.72. The van der Waals surface area contributed by atoms with Crippen LogP contribution in [0, 0.1) is 5.82 Å². The molecule has 1 aliphatic carbocycles. The number of pyridine rings is 1. The summed E-state index contributed by atoms with van der Waals surface area (Å²) in [4.78, 5) is 25.3. The Kier molecular flexibility index (Phi) is 5.60. The molecule has 0 radical (unpaired) electrons. The van der Waals surface area contributed by atoms with E-state index in [0.717, 1.165) is 37.5 Å². The van der Waals surface area contributed by atoms with E-state index in [9.17, 15) is 9.18 Å². The molecule has 5 rings (SSSR count). The first kappa shape index (κ1) is 21.0. The second-order valence-corrected chi connectivity index (χ2v) is 8.39. The van der Waals surface area contributed by atoms with E-state index >= 15 is 0 Å². The van der Waals surface area contributed by atoms with Gasteiger partial charge >= 0.3 is 0 Å². The number of halogens is 1. The number of hydrogen-bond donors (Lipinski definition) is 1. The maximum atomic E-state index is 13.8. The minimum atomic E-state index is -0.437. The molecular formula is C23H26FN5O3. The average Bonchev–Trinajstić information content (AvgIpc) is 3.44. The Morgan fingerprint density at radius 3 is 2.75 bits per heavy atom. The van der Waals surface area contributed by atoms with Crippen molar-refractivity contribution in [3.63, 3.8) is 0 Å². The van der Waals surface area contributed by atoms with Crippen LogP contribution in [-0.4, -0.2) is 50.7 Å². The number of rotatable bonds is 6. The van der Waals surface area contributed by atoms with Gasteiger partial charge in [-0.2, -0.15) is 0 Å². The number of nitrogens with zero attached hydrogens (tertiary/aromatic N) is 4. The van der Waals surface area contributed by atoms with Crippen LogP contribution in [0.15, 0.2) is 30.7 Å². The number of imidazole rings is 1. The minimum Gasteiger partial charge on any atom is -0.367 e. The molecular weight excluding hydrogens is 413 g/mol. The molecule has 3 aromatic rings. The van der Waals surface area contributed by atoms with E-state index in [4.69, 9.17) is 14.5 Å². The maximum Gasteiger partial charge on any atom is 0.180 e. The van der Waals surface area contributed by atoms with Crippen LogP contribution in [0.4, 0.5) is 10.2 Å². The molecule has 3 aromatic heterocycles. The molecule has 1 saturated carbocycles. The van der Waals surface area contributed by atoms with Gasteiger partial charge in [-0.25, -0.2) is 19.3 Å². The van der Waals surface area contributed by atoms with E-state index in [1.165, 1.54) is 12.3 Å². The molecule has 0 aromatic carbocycles. The predicted molar refractivity (Wildman–Crippen MR) is 116 cm³/mol. The smallest absolute Gasteiger partial charge is 0.180 e. The highest BCUT2D eigenvalue weighted by atomic mass is 19.1. The first-order chi connectivity index (χ1) is 15.6. The Balaban J connectivity index is 1.46. The van der Waals surface area contributed by atoms with Gasteiger partial charge in [0, 0.05) is 42.8 Å². The highest BCUT2D eigenvalue weighted by Gasteiger charge is 2.40. The minimum absolute atomic E-state index is 0.179. The van der Waals surface area contributed by atoms with E-state index in [-0.39, 0.29) is 17.8 Å². The summed E-state index contributed by atoms with van der Waals surface area (Å²) in [6, 6.07) is 3.16. The quantitative estimate of drug-likeness (QED) is 0.586. The Morgan fingerprint density at radius 1 is 1.25 bits per heavy atom. The van der Waals surface area contributed by atoms with Crippen LogP contribution >= 0.6 is 0 Å². The number of nitrogens with one attached hydrogen (secondary N) is 1. The summed E-state index contributed by atoms with van der Waals surface area (Å²) in [5, 5.41) is 3.54. The number of fused-ring (bicyclic) bond motifs is 1. The third-order valence-electron chi connectivity index (χ3n) is 6.42. The van der Waals surface area contributed by atoms with Crippen LogP contribution in [0.5, 0.6) is 0 Å². The van der Waals surface area contributed by atoms with Gasteiger partial charge in [-0.1, -0.05) is 6.92 Å². The molecule has 1 saturated heterocycles. The van der Waals surface area contributed by atoms with E-state index in [1.807, 2.05) is 6.92 Å². The number of anilines is 1. The fourth-order valence-corrected chi connectivity index (χ4v) is 4.59. The van der Waals surface area contributed by atoms with Crippen molar-refractivity contribution in [2.75, 3.05) is 18.5 Å². The molecule has 1 unspecified atom stereocenters. The fourth-order valence-electron chi connectivity index (χ4n) is 4.59. The fraction of sp³-hybridized carbons (Fsp3) is 0.478. The van der Waals surface area contributed by atoms with Crippen molar-refractivity contribution in [3.8, 4) is 11.5 Å². The zero-order chi connectivity index (χ0) is 22.1. The third kappa shape index (κ3) is 3.86. The summed E-state index contributed by atoms with van der Waals surface area (Å²) in [6.07, 6.45) is 9.65. The van der Waals surface area contributed by atoms with Crippen molar-refractivity contribution in [2.45, 2.75) is 56.8 Å². The van der Waals surface area contributed by atoms with Gasteiger partial charge in [-0.05, 0) is 31.4 Å². The maximum absolute atomic E-state index is 13.8. The zero-order valence-electron chi connectivity index (χ0n) is 18.0. The lowest BCUT2D eigenvalue weighted by molar-refractivity contribution is -0.177. The molecule has 2 fully saturated rings. The van der Waals surface area contributed by atoms with Crippen molar-refractivity contribution in [3.05, 3.63) is 42.1 Å². The summed E-state index contributed by atoms with van der Waals surface area (Å²) in [5.41, 5.74) is 1.96. The topological polar surface area (TPSA) is 90.6 Å². The Bertz CT molecular complexity index is 1120. The molecule has 1 N–H and O–H groups in total. The van der Waals surface area contributed by atoms with Gasteiger partial charge in [-0.15, -0.1) is 0 Å². The summed E-state index contributed by atoms with van der Waals surface area (Å²) >= 11 is 0. The Hall–Kier alpha value is -2.91. The number of aromatic nitrogens is 4. The lowest BCUT2D eigenvalue weighted by Crippen LogP contribution is -2.39. The van der Waals surface area contributed by atoms with Gasteiger partial charge in [0.25, 0.3) is 0 Å². The van der Waals surface area contributed by atoms with Crippen molar-refractivity contribution < 1.29 is 18.7 Å². The second kappa shape index (κ2) is 8.55. The van der Waals surface area contributed by atoms with Crippen molar-refractivity contribution in [2.24, 2.45) is 0 Å². The Morgan fingerprint density at radius 2 is 2.03 bits per heavy atom. The molecule has 2 aliphatic rings. The van der Waals surface area contributed by atoms with Gasteiger partial charge in [0.1, 0.15) is 29.3 Å². The molecule has 0 bridgehead atoms. The van der Waals surface area contributed by atoms with E-state index in [2.05, 4.69) is 15.3 Å². The van der Waals surface area contributed by atoms with Gasteiger partial charge in [-0.3, -0.25) is 4.40 Å². The molecule has 1 atom stereocenters. The normalized spacial score (nSPS) is 19.4. The Labute approximate surface area is 185 Å². The summed E-state index contributed by atoms with van der Waals surface area (Å²) in [6.45, 7) is 3.26. The van der Waals surface area contributed by atoms with Crippen LogP contribution < -0.4 is 5.32 Å². The summed E-state index contributed by atoms with van der Waals surface area (Å²) < 4.78 is 27.1. The largest absolute Gasteiger partial charge is 0.367 e. The standard InChI is InChI=1S/C23H26FN5O3/c1-2-15(14-30)18-11-26-22(19-12-25-20-4-3-16(24)13-29(19)20)28-21(18)27-17-5-7-23(8-6-17)31-9-10-32-23/h3-4,11-15,17H,2,5-10H2,1H3,(H,26,27,28). The second-order valence-electron chi connectivity index (χ2n) is 8.39. The molecule has 1 aliphatic heterocycles. The number of carbonyl (C=O) groups is 1. The lowest BCUT2D eigenvalue weighted by Gasteiger charge is -2.36. The summed E-state index contributed by atoms with van der Waals surface area (Å²) in [7, 11) is 0. The molecule has 9 heteroatoms. The van der Waals surface area contributed by atoms with Crippen molar-refractivity contribution in [1.29, 1.82) is 0 Å². The van der Waals surface area contributed by atoms with Gasteiger partial charge in [0.05, 0.1) is 19.4 Å². The molecule has 8 nitrogen and oxygen atoms in total.